The zero-order valence-electron chi connectivity index (χ0n) is 13.1. The predicted molar refractivity (Wildman–Crippen MR) is 82.7 cm³/mol. The predicted octanol–water partition coefficient (Wildman–Crippen LogP) is 4.25. The van der Waals surface area contributed by atoms with Gasteiger partial charge in [-0.3, -0.25) is 0 Å². The van der Waals surface area contributed by atoms with E-state index < -0.39 is 0 Å². The van der Waals surface area contributed by atoms with E-state index in [-0.39, 0.29) is 5.41 Å². The summed E-state index contributed by atoms with van der Waals surface area (Å²) in [6.07, 6.45) is 4.57. The van der Waals surface area contributed by atoms with Crippen LogP contribution in [0.3, 0.4) is 0 Å². The molecular weight excluding hydrogens is 232 g/mol. The molecule has 0 unspecified atom stereocenters. The minimum absolute atomic E-state index is 0.202. The van der Waals surface area contributed by atoms with Crippen LogP contribution in [0.15, 0.2) is 18.3 Å². The third-order valence-electron chi connectivity index (χ3n) is 4.42. The second kappa shape index (κ2) is 5.52. The summed E-state index contributed by atoms with van der Waals surface area (Å²) < 4.78 is 0. The van der Waals surface area contributed by atoms with Crippen LogP contribution >= 0.6 is 0 Å². The maximum atomic E-state index is 4.57. The molecule has 0 radical (unpaired) electrons. The van der Waals surface area contributed by atoms with Gasteiger partial charge in [-0.2, -0.15) is 0 Å². The van der Waals surface area contributed by atoms with E-state index in [0.29, 0.717) is 0 Å². The smallest absolute Gasteiger partial charge is 0.128 e. The normalized spacial score (nSPS) is 18.1. The van der Waals surface area contributed by atoms with Crippen LogP contribution in [0, 0.1) is 11.8 Å². The van der Waals surface area contributed by atoms with Crippen molar-refractivity contribution < 1.29 is 0 Å². The summed E-state index contributed by atoms with van der Waals surface area (Å²) in [5.41, 5.74) is 1.58. The van der Waals surface area contributed by atoms with Gasteiger partial charge in [0, 0.05) is 19.3 Å². The number of anilines is 1. The largest absolute Gasteiger partial charge is 0.357 e. The first-order valence-electron chi connectivity index (χ1n) is 7.59. The maximum absolute atomic E-state index is 4.57. The van der Waals surface area contributed by atoms with Gasteiger partial charge in [-0.1, -0.05) is 34.6 Å². The Balaban J connectivity index is 2.08. The molecule has 0 saturated carbocycles. The van der Waals surface area contributed by atoms with Crippen molar-refractivity contribution in [2.24, 2.45) is 11.8 Å². The molecule has 2 heterocycles. The standard InChI is InChI=1S/C17H28N2/c1-13(2)14-7-10-19(11-8-14)16-12-15(6-9-18-16)17(3,4)5/h6,9,12-14H,7-8,10-11H2,1-5H3. The van der Waals surface area contributed by atoms with E-state index in [2.05, 4.69) is 56.6 Å². The lowest BCUT2D eigenvalue weighted by Crippen LogP contribution is -2.35. The van der Waals surface area contributed by atoms with Crippen LogP contribution < -0.4 is 4.90 Å². The molecule has 1 aromatic heterocycles. The summed E-state index contributed by atoms with van der Waals surface area (Å²) in [7, 11) is 0. The monoisotopic (exact) mass is 260 g/mol. The SMILES string of the molecule is CC(C)C1CCN(c2cc(C(C)(C)C)ccn2)CC1. The number of aromatic nitrogens is 1. The lowest BCUT2D eigenvalue weighted by Gasteiger charge is -2.35. The summed E-state index contributed by atoms with van der Waals surface area (Å²) >= 11 is 0. The molecule has 0 N–H and O–H groups in total. The molecule has 1 aliphatic rings. The molecule has 19 heavy (non-hydrogen) atoms. The van der Waals surface area contributed by atoms with Gasteiger partial charge in [-0.05, 0) is 47.8 Å². The molecule has 1 saturated heterocycles. The highest BCUT2D eigenvalue weighted by Gasteiger charge is 2.23. The first-order valence-corrected chi connectivity index (χ1v) is 7.59. The first-order chi connectivity index (χ1) is 8.88. The van der Waals surface area contributed by atoms with Gasteiger partial charge in [0.25, 0.3) is 0 Å². The van der Waals surface area contributed by atoms with E-state index in [9.17, 15) is 0 Å². The van der Waals surface area contributed by atoms with Gasteiger partial charge in [-0.25, -0.2) is 4.98 Å². The van der Waals surface area contributed by atoms with Crippen molar-refractivity contribution in [3.8, 4) is 0 Å². The summed E-state index contributed by atoms with van der Waals surface area (Å²) in [4.78, 5) is 7.02. The van der Waals surface area contributed by atoms with Gasteiger partial charge in [-0.15, -0.1) is 0 Å². The van der Waals surface area contributed by atoms with Gasteiger partial charge < -0.3 is 4.90 Å². The first kappa shape index (κ1) is 14.4. The topological polar surface area (TPSA) is 16.1 Å². The Morgan fingerprint density at radius 1 is 1.21 bits per heavy atom. The Bertz CT molecular complexity index is 410. The Kier molecular flexibility index (Phi) is 4.17. The summed E-state index contributed by atoms with van der Waals surface area (Å²) in [6.45, 7) is 13.8. The molecule has 0 atom stereocenters. The molecule has 1 aromatic rings. The average molecular weight is 260 g/mol. The molecule has 1 aliphatic heterocycles. The van der Waals surface area contributed by atoms with E-state index in [0.717, 1.165) is 30.7 Å². The lowest BCUT2D eigenvalue weighted by molar-refractivity contribution is 0.310. The third kappa shape index (κ3) is 3.49. The highest BCUT2D eigenvalue weighted by Crippen LogP contribution is 2.29. The maximum Gasteiger partial charge on any atom is 0.128 e. The molecule has 2 heteroatoms. The van der Waals surface area contributed by atoms with Gasteiger partial charge in [0.2, 0.25) is 0 Å². The van der Waals surface area contributed by atoms with Crippen molar-refractivity contribution in [3.63, 3.8) is 0 Å². The van der Waals surface area contributed by atoms with Crippen LogP contribution in [0.25, 0.3) is 0 Å². The van der Waals surface area contributed by atoms with Crippen molar-refractivity contribution in [1.82, 2.24) is 4.98 Å². The molecule has 1 fully saturated rings. The lowest BCUT2D eigenvalue weighted by atomic mass is 9.86. The molecule has 0 amide bonds. The Hall–Kier alpha value is -1.05. The van der Waals surface area contributed by atoms with Crippen molar-refractivity contribution in [3.05, 3.63) is 23.9 Å². The second-order valence-electron chi connectivity index (χ2n) is 7.22. The number of nitrogens with zero attached hydrogens (tertiary/aromatic N) is 2. The van der Waals surface area contributed by atoms with Gasteiger partial charge in [0.15, 0.2) is 0 Å². The Labute approximate surface area is 118 Å². The molecule has 0 bridgehead atoms. The summed E-state index contributed by atoms with van der Waals surface area (Å²) in [5.74, 6) is 2.87. The van der Waals surface area contributed by atoms with Gasteiger partial charge in [0.05, 0.1) is 0 Å². The molecule has 0 aromatic carbocycles. The number of hydrogen-bond donors (Lipinski definition) is 0. The van der Waals surface area contributed by atoms with E-state index in [4.69, 9.17) is 0 Å². The van der Waals surface area contributed by atoms with Crippen LogP contribution in [0.1, 0.15) is 53.0 Å². The highest BCUT2D eigenvalue weighted by atomic mass is 15.2. The third-order valence-corrected chi connectivity index (χ3v) is 4.42. The minimum atomic E-state index is 0.202. The summed E-state index contributed by atoms with van der Waals surface area (Å²) in [5, 5.41) is 0. The van der Waals surface area contributed by atoms with Crippen molar-refractivity contribution >= 4 is 5.82 Å². The Morgan fingerprint density at radius 2 is 1.84 bits per heavy atom. The average Bonchev–Trinajstić information content (AvgIpc) is 2.38. The molecule has 2 nitrogen and oxygen atoms in total. The minimum Gasteiger partial charge on any atom is -0.357 e. The van der Waals surface area contributed by atoms with Crippen LogP contribution in [0.2, 0.25) is 0 Å². The summed E-state index contributed by atoms with van der Waals surface area (Å²) in [6, 6.07) is 4.42. The van der Waals surface area contributed by atoms with Crippen LogP contribution in [0.4, 0.5) is 5.82 Å². The molecular formula is C17H28N2. The molecule has 2 rings (SSSR count). The van der Waals surface area contributed by atoms with Crippen LogP contribution in [-0.2, 0) is 5.41 Å². The molecule has 0 aliphatic carbocycles. The van der Waals surface area contributed by atoms with Crippen LogP contribution in [0.5, 0.6) is 0 Å². The number of pyridine rings is 1. The number of rotatable bonds is 2. The van der Waals surface area contributed by atoms with E-state index in [1.165, 1.54) is 18.4 Å². The number of piperidine rings is 1. The quantitative estimate of drug-likeness (QED) is 0.790. The second-order valence-corrected chi connectivity index (χ2v) is 7.22. The molecule has 0 spiro atoms. The fourth-order valence-electron chi connectivity index (χ4n) is 2.85. The van der Waals surface area contributed by atoms with Crippen molar-refractivity contribution in [2.75, 3.05) is 18.0 Å². The van der Waals surface area contributed by atoms with E-state index in [1.54, 1.807) is 0 Å². The highest BCUT2D eigenvalue weighted by molar-refractivity contribution is 5.43. The fraction of sp³-hybridized carbons (Fsp3) is 0.706. The van der Waals surface area contributed by atoms with E-state index in [1.807, 2.05) is 6.20 Å². The van der Waals surface area contributed by atoms with Gasteiger partial charge in [0.1, 0.15) is 5.82 Å². The number of hydrogen-bond acceptors (Lipinski definition) is 2. The molecule has 106 valence electrons. The van der Waals surface area contributed by atoms with Crippen molar-refractivity contribution in [1.29, 1.82) is 0 Å². The van der Waals surface area contributed by atoms with E-state index >= 15 is 0 Å². The zero-order valence-corrected chi connectivity index (χ0v) is 13.1. The van der Waals surface area contributed by atoms with Gasteiger partial charge >= 0.3 is 0 Å². The Morgan fingerprint density at radius 3 is 2.37 bits per heavy atom. The fourth-order valence-corrected chi connectivity index (χ4v) is 2.85. The zero-order chi connectivity index (χ0) is 14.0. The van der Waals surface area contributed by atoms with Crippen molar-refractivity contribution in [2.45, 2.75) is 52.9 Å². The van der Waals surface area contributed by atoms with Crippen LogP contribution in [-0.4, -0.2) is 18.1 Å².